The Hall–Kier alpha value is -3.61. The van der Waals surface area contributed by atoms with Gasteiger partial charge in [-0.3, -0.25) is 0 Å². The van der Waals surface area contributed by atoms with Gasteiger partial charge in [-0.1, -0.05) is 72.3 Å². The molecule has 172 valence electrons. The standard InChI is InChI=1S/C27H27ClN6/c1-33-13-15-34(16-14-33)24-12-11-22(17-23(24)32-27-25(29)26(28)30-18-31-27)21-9-7-20(8-10-21)19-5-3-2-4-6-19/h2-12,17-18H,13-16,29H2,1H3,(H,30,31,32). The van der Waals surface area contributed by atoms with Crippen LogP contribution in [-0.4, -0.2) is 48.1 Å². The molecule has 7 heteroatoms. The number of hydrogen-bond acceptors (Lipinski definition) is 6. The molecule has 0 spiro atoms. The first kappa shape index (κ1) is 22.2. The normalized spacial score (nSPS) is 14.2. The summed E-state index contributed by atoms with van der Waals surface area (Å²) in [5.41, 5.74) is 13.2. The van der Waals surface area contributed by atoms with Crippen molar-refractivity contribution in [2.24, 2.45) is 0 Å². The van der Waals surface area contributed by atoms with E-state index in [0.717, 1.165) is 48.7 Å². The van der Waals surface area contributed by atoms with Gasteiger partial charge in [0.15, 0.2) is 11.0 Å². The fourth-order valence-electron chi connectivity index (χ4n) is 4.23. The summed E-state index contributed by atoms with van der Waals surface area (Å²) in [6.45, 7) is 3.94. The van der Waals surface area contributed by atoms with Crippen LogP contribution in [0.4, 0.5) is 22.9 Å². The number of nitrogen functional groups attached to an aromatic ring is 1. The predicted molar refractivity (Wildman–Crippen MR) is 142 cm³/mol. The first-order valence-electron chi connectivity index (χ1n) is 11.3. The first-order chi connectivity index (χ1) is 16.6. The Morgan fingerprint density at radius 2 is 1.41 bits per heavy atom. The van der Waals surface area contributed by atoms with Crippen LogP contribution in [-0.2, 0) is 0 Å². The number of piperazine rings is 1. The van der Waals surface area contributed by atoms with Gasteiger partial charge in [0.1, 0.15) is 12.0 Å². The second-order valence-electron chi connectivity index (χ2n) is 8.52. The van der Waals surface area contributed by atoms with Gasteiger partial charge in [0.25, 0.3) is 0 Å². The lowest BCUT2D eigenvalue weighted by Crippen LogP contribution is -2.44. The van der Waals surface area contributed by atoms with Gasteiger partial charge in [-0.15, -0.1) is 0 Å². The minimum Gasteiger partial charge on any atom is -0.393 e. The highest BCUT2D eigenvalue weighted by Crippen LogP contribution is 2.36. The zero-order chi connectivity index (χ0) is 23.5. The Morgan fingerprint density at radius 3 is 2.12 bits per heavy atom. The highest BCUT2D eigenvalue weighted by molar-refractivity contribution is 6.32. The lowest BCUT2D eigenvalue weighted by molar-refractivity contribution is 0.313. The number of nitrogens with one attached hydrogen (secondary N) is 1. The summed E-state index contributed by atoms with van der Waals surface area (Å²) < 4.78 is 0. The number of rotatable bonds is 5. The average Bonchev–Trinajstić information content (AvgIpc) is 2.88. The zero-order valence-corrected chi connectivity index (χ0v) is 19.8. The number of aromatic nitrogens is 2. The molecule has 1 saturated heterocycles. The van der Waals surface area contributed by atoms with Crippen molar-refractivity contribution < 1.29 is 0 Å². The molecule has 0 aliphatic carbocycles. The van der Waals surface area contributed by atoms with Crippen molar-refractivity contribution in [2.45, 2.75) is 0 Å². The Kier molecular flexibility index (Phi) is 6.34. The fraction of sp³-hybridized carbons (Fsp3) is 0.185. The van der Waals surface area contributed by atoms with Gasteiger partial charge >= 0.3 is 0 Å². The summed E-state index contributed by atoms with van der Waals surface area (Å²) in [6.07, 6.45) is 1.42. The number of benzene rings is 3. The molecule has 0 radical (unpaired) electrons. The third-order valence-electron chi connectivity index (χ3n) is 6.25. The van der Waals surface area contributed by atoms with E-state index in [1.807, 2.05) is 6.07 Å². The lowest BCUT2D eigenvalue weighted by Gasteiger charge is -2.35. The summed E-state index contributed by atoms with van der Waals surface area (Å²) in [4.78, 5) is 13.0. The van der Waals surface area contributed by atoms with Gasteiger partial charge in [-0.25, -0.2) is 9.97 Å². The maximum atomic E-state index is 6.16. The summed E-state index contributed by atoms with van der Waals surface area (Å²) in [5, 5.41) is 3.66. The Labute approximate surface area is 205 Å². The van der Waals surface area contributed by atoms with E-state index >= 15 is 0 Å². The fourth-order valence-corrected chi connectivity index (χ4v) is 4.36. The molecule has 0 bridgehead atoms. The third-order valence-corrected chi connectivity index (χ3v) is 6.56. The zero-order valence-electron chi connectivity index (χ0n) is 19.1. The SMILES string of the molecule is CN1CCN(c2ccc(-c3ccc(-c4ccccc4)cc3)cc2Nc2ncnc(Cl)c2N)CC1. The molecule has 3 aromatic carbocycles. The third kappa shape index (κ3) is 4.69. The van der Waals surface area contributed by atoms with Crippen LogP contribution in [0, 0.1) is 0 Å². The largest absolute Gasteiger partial charge is 0.393 e. The smallest absolute Gasteiger partial charge is 0.158 e. The number of likely N-dealkylation sites (N-methyl/N-ethyl adjacent to an activating group) is 1. The van der Waals surface area contributed by atoms with Crippen molar-refractivity contribution in [3.05, 3.63) is 84.3 Å². The quantitative estimate of drug-likeness (QED) is 0.373. The second kappa shape index (κ2) is 9.71. The topological polar surface area (TPSA) is 70.3 Å². The average molecular weight is 471 g/mol. The van der Waals surface area contributed by atoms with E-state index in [4.69, 9.17) is 17.3 Å². The summed E-state index contributed by atoms with van der Waals surface area (Å²) in [7, 11) is 2.16. The minimum absolute atomic E-state index is 0.242. The molecule has 1 aromatic heterocycles. The van der Waals surface area contributed by atoms with Crippen molar-refractivity contribution in [2.75, 3.05) is 49.2 Å². The molecule has 0 saturated carbocycles. The Balaban J connectivity index is 1.50. The molecule has 1 fully saturated rings. The molecule has 3 N–H and O–H groups in total. The van der Waals surface area contributed by atoms with Crippen molar-refractivity contribution in [3.63, 3.8) is 0 Å². The van der Waals surface area contributed by atoms with Gasteiger partial charge < -0.3 is 20.9 Å². The van der Waals surface area contributed by atoms with Crippen LogP contribution in [0.5, 0.6) is 0 Å². The molecular formula is C27H27ClN6. The Bertz CT molecular complexity index is 1270. The minimum atomic E-state index is 0.242. The summed E-state index contributed by atoms with van der Waals surface area (Å²) >= 11 is 6.15. The van der Waals surface area contributed by atoms with E-state index in [-0.39, 0.29) is 5.15 Å². The van der Waals surface area contributed by atoms with Crippen molar-refractivity contribution in [1.82, 2.24) is 14.9 Å². The molecule has 0 amide bonds. The maximum absolute atomic E-state index is 6.16. The summed E-state index contributed by atoms with van der Waals surface area (Å²) in [6, 6.07) is 25.5. The number of hydrogen-bond donors (Lipinski definition) is 2. The number of nitrogens with zero attached hydrogens (tertiary/aromatic N) is 4. The van der Waals surface area contributed by atoms with Gasteiger partial charge in [-0.2, -0.15) is 0 Å². The van der Waals surface area contributed by atoms with Crippen LogP contribution < -0.4 is 16.0 Å². The maximum Gasteiger partial charge on any atom is 0.158 e. The number of anilines is 4. The highest BCUT2D eigenvalue weighted by atomic mass is 35.5. The van der Waals surface area contributed by atoms with Gasteiger partial charge in [0.05, 0.1) is 11.4 Å². The molecule has 5 rings (SSSR count). The summed E-state index contributed by atoms with van der Waals surface area (Å²) in [5.74, 6) is 0.506. The van der Waals surface area contributed by atoms with E-state index in [1.165, 1.54) is 17.5 Å². The van der Waals surface area contributed by atoms with Crippen LogP contribution in [0.2, 0.25) is 5.15 Å². The van der Waals surface area contributed by atoms with Gasteiger partial charge in [-0.05, 0) is 41.4 Å². The molecule has 4 aromatic rings. The van der Waals surface area contributed by atoms with E-state index in [0.29, 0.717) is 11.5 Å². The van der Waals surface area contributed by atoms with Gasteiger partial charge in [0.2, 0.25) is 0 Å². The van der Waals surface area contributed by atoms with Crippen LogP contribution in [0.3, 0.4) is 0 Å². The molecule has 34 heavy (non-hydrogen) atoms. The van der Waals surface area contributed by atoms with E-state index in [2.05, 4.69) is 98.9 Å². The molecule has 1 aliphatic rings. The first-order valence-corrected chi connectivity index (χ1v) is 11.7. The van der Waals surface area contributed by atoms with E-state index < -0.39 is 0 Å². The van der Waals surface area contributed by atoms with E-state index in [1.54, 1.807) is 0 Å². The molecule has 2 heterocycles. The van der Waals surface area contributed by atoms with Crippen LogP contribution in [0.25, 0.3) is 22.3 Å². The van der Waals surface area contributed by atoms with Crippen LogP contribution in [0.1, 0.15) is 0 Å². The molecule has 6 nitrogen and oxygen atoms in total. The van der Waals surface area contributed by atoms with Gasteiger partial charge in [0, 0.05) is 26.2 Å². The second-order valence-corrected chi connectivity index (χ2v) is 8.88. The molecular weight excluding hydrogens is 444 g/mol. The van der Waals surface area contributed by atoms with Crippen molar-refractivity contribution in [3.8, 4) is 22.3 Å². The number of halogens is 1. The lowest BCUT2D eigenvalue weighted by atomic mass is 9.99. The predicted octanol–water partition coefficient (Wildman–Crippen LogP) is 5.54. The van der Waals surface area contributed by atoms with E-state index in [9.17, 15) is 0 Å². The van der Waals surface area contributed by atoms with Crippen LogP contribution >= 0.6 is 11.6 Å². The van der Waals surface area contributed by atoms with Crippen LogP contribution in [0.15, 0.2) is 79.1 Å². The molecule has 0 atom stereocenters. The monoisotopic (exact) mass is 470 g/mol. The number of nitrogens with two attached hydrogens (primary N) is 1. The Morgan fingerprint density at radius 1 is 0.794 bits per heavy atom. The molecule has 1 aliphatic heterocycles. The van der Waals surface area contributed by atoms with Crippen molar-refractivity contribution in [1.29, 1.82) is 0 Å². The highest BCUT2D eigenvalue weighted by Gasteiger charge is 2.19. The molecule has 0 unspecified atom stereocenters. The van der Waals surface area contributed by atoms with Crippen molar-refractivity contribution >= 4 is 34.5 Å².